The minimum atomic E-state index is 0.738. The molecule has 0 aliphatic carbocycles. The van der Waals surface area contributed by atoms with Gasteiger partial charge in [0.1, 0.15) is 0 Å². The molecule has 0 saturated carbocycles. The van der Waals surface area contributed by atoms with Gasteiger partial charge in [0.15, 0.2) is 17.5 Å². The average Bonchev–Trinajstić information content (AvgIpc) is 3.27. The third-order valence-electron chi connectivity index (χ3n) is 4.74. The maximum atomic E-state index is 5.36. The van der Waals surface area contributed by atoms with Crippen LogP contribution in [0.5, 0.6) is 11.5 Å². The first-order chi connectivity index (χ1) is 14.7. The molecule has 3 rings (SSSR count). The van der Waals surface area contributed by atoms with Gasteiger partial charge in [0.2, 0.25) is 0 Å². The lowest BCUT2D eigenvalue weighted by molar-refractivity contribution is 0.354. The zero-order chi connectivity index (χ0) is 21.2. The molecule has 3 aromatic rings. The van der Waals surface area contributed by atoms with Crippen LogP contribution < -0.4 is 20.1 Å². The Hall–Kier alpha value is -3.48. The SMILES string of the molecule is CN=C(NCCc1ccc(OC)c(OC)c1)NCCc1cnn(-c2ccccc2)c1. The lowest BCUT2D eigenvalue weighted by atomic mass is 10.1. The summed E-state index contributed by atoms with van der Waals surface area (Å²) < 4.78 is 12.5. The largest absolute Gasteiger partial charge is 0.493 e. The number of nitrogens with zero attached hydrogens (tertiary/aromatic N) is 3. The van der Waals surface area contributed by atoms with Gasteiger partial charge in [-0.05, 0) is 48.2 Å². The molecular weight excluding hydrogens is 378 g/mol. The molecule has 0 fully saturated rings. The van der Waals surface area contributed by atoms with E-state index in [1.54, 1.807) is 21.3 Å². The van der Waals surface area contributed by atoms with Crippen molar-refractivity contribution in [1.82, 2.24) is 20.4 Å². The molecule has 7 heteroatoms. The summed E-state index contributed by atoms with van der Waals surface area (Å²) in [5, 5.41) is 11.1. The van der Waals surface area contributed by atoms with Crippen molar-refractivity contribution in [3.05, 3.63) is 72.1 Å². The summed E-state index contributed by atoms with van der Waals surface area (Å²) in [4.78, 5) is 4.29. The van der Waals surface area contributed by atoms with E-state index in [0.717, 1.165) is 49.1 Å². The number of rotatable bonds is 9. The summed E-state index contributed by atoms with van der Waals surface area (Å²) in [6.07, 6.45) is 5.68. The van der Waals surface area contributed by atoms with E-state index < -0.39 is 0 Å². The first-order valence-electron chi connectivity index (χ1n) is 9.98. The zero-order valence-electron chi connectivity index (χ0n) is 17.8. The van der Waals surface area contributed by atoms with Crippen LogP contribution in [0.25, 0.3) is 5.69 Å². The molecule has 0 bridgehead atoms. The van der Waals surface area contributed by atoms with Gasteiger partial charge in [-0.25, -0.2) is 4.68 Å². The van der Waals surface area contributed by atoms with Gasteiger partial charge in [-0.1, -0.05) is 24.3 Å². The summed E-state index contributed by atoms with van der Waals surface area (Å²) in [5.74, 6) is 2.27. The minimum Gasteiger partial charge on any atom is -0.493 e. The fourth-order valence-electron chi connectivity index (χ4n) is 3.12. The Balaban J connectivity index is 1.43. The van der Waals surface area contributed by atoms with Gasteiger partial charge >= 0.3 is 0 Å². The van der Waals surface area contributed by atoms with Crippen LogP contribution in [-0.2, 0) is 12.8 Å². The summed E-state index contributed by atoms with van der Waals surface area (Å²) in [6, 6.07) is 16.1. The van der Waals surface area contributed by atoms with Gasteiger partial charge in [0.05, 0.1) is 26.1 Å². The highest BCUT2D eigenvalue weighted by Gasteiger charge is 2.05. The normalized spacial score (nSPS) is 11.2. The van der Waals surface area contributed by atoms with E-state index in [9.17, 15) is 0 Å². The van der Waals surface area contributed by atoms with Crippen molar-refractivity contribution in [1.29, 1.82) is 0 Å². The van der Waals surface area contributed by atoms with Crippen molar-refractivity contribution in [2.24, 2.45) is 4.99 Å². The molecule has 0 atom stereocenters. The maximum Gasteiger partial charge on any atom is 0.190 e. The van der Waals surface area contributed by atoms with Gasteiger partial charge in [-0.15, -0.1) is 0 Å². The standard InChI is InChI=1S/C23H29N5O2/c1-24-23(25-13-11-18-9-10-21(29-2)22(15-18)30-3)26-14-12-19-16-27-28(17-19)20-7-5-4-6-8-20/h4-10,15-17H,11-14H2,1-3H3,(H2,24,25,26). The predicted octanol–water partition coefficient (Wildman–Crippen LogP) is 2.84. The smallest absolute Gasteiger partial charge is 0.190 e. The van der Waals surface area contributed by atoms with Crippen LogP contribution in [-0.4, -0.2) is 50.1 Å². The molecule has 2 aromatic carbocycles. The van der Waals surface area contributed by atoms with Crippen molar-refractivity contribution in [3.8, 4) is 17.2 Å². The number of ether oxygens (including phenoxy) is 2. The number of aromatic nitrogens is 2. The molecule has 0 aliphatic heterocycles. The lowest BCUT2D eigenvalue weighted by Gasteiger charge is -2.13. The van der Waals surface area contributed by atoms with Crippen molar-refractivity contribution < 1.29 is 9.47 Å². The number of benzene rings is 2. The van der Waals surface area contributed by atoms with Crippen LogP contribution in [0.2, 0.25) is 0 Å². The number of nitrogens with one attached hydrogen (secondary N) is 2. The summed E-state index contributed by atoms with van der Waals surface area (Å²) in [6.45, 7) is 1.54. The molecule has 7 nitrogen and oxygen atoms in total. The molecule has 0 spiro atoms. The molecule has 30 heavy (non-hydrogen) atoms. The number of hydrogen-bond acceptors (Lipinski definition) is 4. The van der Waals surface area contributed by atoms with Gasteiger partial charge < -0.3 is 20.1 Å². The first kappa shape index (κ1) is 21.2. The van der Waals surface area contributed by atoms with Crippen molar-refractivity contribution in [2.45, 2.75) is 12.8 Å². The number of guanidine groups is 1. The van der Waals surface area contributed by atoms with Gasteiger partial charge in [0.25, 0.3) is 0 Å². The van der Waals surface area contributed by atoms with Crippen LogP contribution in [0.4, 0.5) is 0 Å². The zero-order valence-corrected chi connectivity index (χ0v) is 17.8. The van der Waals surface area contributed by atoms with Crippen molar-refractivity contribution >= 4 is 5.96 Å². The third-order valence-corrected chi connectivity index (χ3v) is 4.74. The molecule has 1 heterocycles. The van der Waals surface area contributed by atoms with Gasteiger partial charge in [-0.3, -0.25) is 4.99 Å². The lowest BCUT2D eigenvalue weighted by Crippen LogP contribution is -2.39. The van der Waals surface area contributed by atoms with E-state index >= 15 is 0 Å². The van der Waals surface area contributed by atoms with Crippen LogP contribution in [0.1, 0.15) is 11.1 Å². The Bertz CT molecular complexity index is 953. The van der Waals surface area contributed by atoms with Crippen LogP contribution in [0, 0.1) is 0 Å². The molecule has 158 valence electrons. The quantitative estimate of drug-likeness (QED) is 0.422. The van der Waals surface area contributed by atoms with E-state index in [2.05, 4.69) is 26.9 Å². The van der Waals surface area contributed by atoms with E-state index in [-0.39, 0.29) is 0 Å². The maximum absolute atomic E-state index is 5.36. The topological polar surface area (TPSA) is 72.7 Å². The van der Waals surface area contributed by atoms with E-state index in [1.165, 1.54) is 11.1 Å². The molecule has 0 saturated heterocycles. The third kappa shape index (κ3) is 5.76. The summed E-state index contributed by atoms with van der Waals surface area (Å²) in [5.41, 5.74) is 3.40. The second-order valence-electron chi connectivity index (χ2n) is 6.74. The van der Waals surface area contributed by atoms with Crippen LogP contribution >= 0.6 is 0 Å². The fourth-order valence-corrected chi connectivity index (χ4v) is 3.12. The highest BCUT2D eigenvalue weighted by atomic mass is 16.5. The molecule has 0 radical (unpaired) electrons. The molecule has 0 amide bonds. The van der Waals surface area contributed by atoms with Crippen LogP contribution in [0.15, 0.2) is 65.9 Å². The first-order valence-corrected chi connectivity index (χ1v) is 9.98. The van der Waals surface area contributed by atoms with Gasteiger partial charge in [-0.2, -0.15) is 5.10 Å². The van der Waals surface area contributed by atoms with Gasteiger partial charge in [0, 0.05) is 26.3 Å². The van der Waals surface area contributed by atoms with E-state index in [0.29, 0.717) is 0 Å². The Kier molecular flexibility index (Phi) is 7.71. The number of methoxy groups -OCH3 is 2. The minimum absolute atomic E-state index is 0.738. The Morgan fingerprint density at radius 3 is 2.30 bits per heavy atom. The second-order valence-corrected chi connectivity index (χ2v) is 6.74. The number of aliphatic imine (C=N–C) groups is 1. The highest BCUT2D eigenvalue weighted by molar-refractivity contribution is 5.79. The summed E-state index contributed by atoms with van der Waals surface area (Å²) in [7, 11) is 5.07. The molecule has 0 aliphatic rings. The number of hydrogen-bond donors (Lipinski definition) is 2. The molecular formula is C23H29N5O2. The van der Waals surface area contributed by atoms with Crippen LogP contribution in [0.3, 0.4) is 0 Å². The number of para-hydroxylation sites is 1. The van der Waals surface area contributed by atoms with Crippen molar-refractivity contribution in [3.63, 3.8) is 0 Å². The Morgan fingerprint density at radius 1 is 0.933 bits per heavy atom. The summed E-state index contributed by atoms with van der Waals surface area (Å²) >= 11 is 0. The van der Waals surface area contributed by atoms with Crippen molar-refractivity contribution in [2.75, 3.05) is 34.4 Å². The molecule has 0 unspecified atom stereocenters. The average molecular weight is 408 g/mol. The molecule has 2 N–H and O–H groups in total. The Labute approximate surface area is 177 Å². The van der Waals surface area contributed by atoms with E-state index in [1.807, 2.05) is 59.4 Å². The molecule has 1 aromatic heterocycles. The predicted molar refractivity (Wildman–Crippen MR) is 120 cm³/mol. The van der Waals surface area contributed by atoms with E-state index in [4.69, 9.17) is 9.47 Å². The highest BCUT2D eigenvalue weighted by Crippen LogP contribution is 2.27. The second kappa shape index (κ2) is 10.9. The monoisotopic (exact) mass is 407 g/mol. The Morgan fingerprint density at radius 2 is 1.63 bits per heavy atom. The fraction of sp³-hybridized carbons (Fsp3) is 0.304.